The number of aryl methyl sites for hydroxylation is 1. The van der Waals surface area contributed by atoms with Gasteiger partial charge in [0, 0.05) is 33.9 Å². The van der Waals surface area contributed by atoms with Crippen molar-refractivity contribution < 1.29 is 18.9 Å². The van der Waals surface area contributed by atoms with E-state index in [0.29, 0.717) is 38.3 Å². The number of furan rings is 1. The Morgan fingerprint density at radius 1 is 1.10 bits per heavy atom. The van der Waals surface area contributed by atoms with Crippen LogP contribution in [0.1, 0.15) is 16.9 Å². The number of halogens is 2. The Labute approximate surface area is 180 Å². The second-order valence-corrected chi connectivity index (χ2v) is 7.26. The molecule has 2 heterocycles. The van der Waals surface area contributed by atoms with E-state index >= 15 is 0 Å². The summed E-state index contributed by atoms with van der Waals surface area (Å²) in [7, 11) is 0. The van der Waals surface area contributed by atoms with Gasteiger partial charge in [-0.15, -0.1) is 0 Å². The summed E-state index contributed by atoms with van der Waals surface area (Å²) in [6.45, 7) is 1.62. The molecule has 0 aliphatic carbocycles. The van der Waals surface area contributed by atoms with Crippen molar-refractivity contribution in [3.05, 3.63) is 91.3 Å². The lowest BCUT2D eigenvalue weighted by Crippen LogP contribution is -2.06. The van der Waals surface area contributed by atoms with E-state index in [2.05, 4.69) is 4.99 Å². The lowest BCUT2D eigenvalue weighted by molar-refractivity contribution is -0.385. The average Bonchev–Trinajstić information content (AvgIpc) is 3.31. The van der Waals surface area contributed by atoms with Gasteiger partial charge in [0.05, 0.1) is 9.95 Å². The number of esters is 1. The van der Waals surface area contributed by atoms with Crippen molar-refractivity contribution in [1.82, 2.24) is 0 Å². The van der Waals surface area contributed by atoms with Crippen LogP contribution in [-0.2, 0) is 9.53 Å². The van der Waals surface area contributed by atoms with Crippen LogP contribution in [-0.4, -0.2) is 16.8 Å². The van der Waals surface area contributed by atoms with Gasteiger partial charge in [-0.3, -0.25) is 10.1 Å². The maximum absolute atomic E-state index is 12.2. The first-order valence-electron chi connectivity index (χ1n) is 8.65. The maximum atomic E-state index is 12.2. The lowest BCUT2D eigenvalue weighted by atomic mass is 10.1. The van der Waals surface area contributed by atoms with Crippen molar-refractivity contribution >= 4 is 46.8 Å². The van der Waals surface area contributed by atoms with Crippen molar-refractivity contribution in [1.29, 1.82) is 0 Å². The molecule has 1 aromatic heterocycles. The Kier molecular flexibility index (Phi) is 5.15. The highest BCUT2D eigenvalue weighted by atomic mass is 35.5. The normalized spacial score (nSPS) is 14.7. The molecule has 0 fully saturated rings. The third kappa shape index (κ3) is 3.85. The van der Waals surface area contributed by atoms with E-state index in [1.807, 2.05) is 0 Å². The van der Waals surface area contributed by atoms with Gasteiger partial charge in [-0.05, 0) is 43.3 Å². The number of nitrogens with zero attached hydrogens (tertiary/aromatic N) is 2. The Morgan fingerprint density at radius 2 is 1.90 bits per heavy atom. The minimum atomic E-state index is -0.688. The van der Waals surface area contributed by atoms with Crippen molar-refractivity contribution in [2.24, 2.45) is 4.99 Å². The molecule has 0 saturated carbocycles. The van der Waals surface area contributed by atoms with Gasteiger partial charge in [-0.25, -0.2) is 9.79 Å². The summed E-state index contributed by atoms with van der Waals surface area (Å²) in [4.78, 5) is 27.0. The number of carbonyl (C=O) groups is 1. The van der Waals surface area contributed by atoms with Crippen LogP contribution in [0.2, 0.25) is 10.0 Å². The topological polar surface area (TPSA) is 94.9 Å². The van der Waals surface area contributed by atoms with E-state index in [1.165, 1.54) is 12.1 Å². The number of nitro benzene ring substituents is 1. The highest BCUT2D eigenvalue weighted by Crippen LogP contribution is 2.32. The van der Waals surface area contributed by atoms with E-state index < -0.39 is 10.9 Å². The minimum Gasteiger partial charge on any atom is -0.457 e. The molecule has 0 bridgehead atoms. The third-order valence-corrected chi connectivity index (χ3v) is 4.94. The van der Waals surface area contributed by atoms with Gasteiger partial charge in [-0.2, -0.15) is 0 Å². The van der Waals surface area contributed by atoms with E-state index in [1.54, 1.807) is 49.4 Å². The summed E-state index contributed by atoms with van der Waals surface area (Å²) in [5.41, 5.74) is 1.35. The molecule has 0 saturated heterocycles. The van der Waals surface area contributed by atoms with Crippen LogP contribution in [0.4, 0.5) is 5.69 Å². The van der Waals surface area contributed by atoms with E-state index in [0.717, 1.165) is 0 Å². The van der Waals surface area contributed by atoms with Crippen molar-refractivity contribution in [2.45, 2.75) is 6.92 Å². The Balaban J connectivity index is 1.65. The van der Waals surface area contributed by atoms with Gasteiger partial charge in [0.2, 0.25) is 5.90 Å². The molecule has 0 unspecified atom stereocenters. The summed E-state index contributed by atoms with van der Waals surface area (Å²) in [6.07, 6.45) is 1.42. The Morgan fingerprint density at radius 3 is 2.67 bits per heavy atom. The fourth-order valence-corrected chi connectivity index (χ4v) is 3.25. The SMILES string of the molecule is Cc1ccc(C2=N/C(=C\c3ccc(-c4cc(Cl)ccc4Cl)o3)C(=O)O2)cc1[N+](=O)[O-]. The molecule has 9 heteroatoms. The first-order valence-corrected chi connectivity index (χ1v) is 9.40. The highest BCUT2D eigenvalue weighted by molar-refractivity contribution is 6.35. The largest absolute Gasteiger partial charge is 0.457 e. The molecule has 30 heavy (non-hydrogen) atoms. The number of hydrogen-bond acceptors (Lipinski definition) is 6. The summed E-state index contributed by atoms with van der Waals surface area (Å²) >= 11 is 12.2. The average molecular weight is 443 g/mol. The third-order valence-electron chi connectivity index (χ3n) is 4.37. The smallest absolute Gasteiger partial charge is 0.363 e. The monoisotopic (exact) mass is 442 g/mol. The first kappa shape index (κ1) is 19.9. The zero-order valence-corrected chi connectivity index (χ0v) is 16.9. The first-order chi connectivity index (χ1) is 14.3. The van der Waals surface area contributed by atoms with Crippen LogP contribution >= 0.6 is 23.2 Å². The second kappa shape index (κ2) is 7.78. The molecular formula is C21H12Cl2N2O5. The van der Waals surface area contributed by atoms with Crippen molar-refractivity contribution in [3.63, 3.8) is 0 Å². The number of nitro groups is 1. The van der Waals surface area contributed by atoms with E-state index in [4.69, 9.17) is 32.4 Å². The number of ether oxygens (including phenoxy) is 1. The van der Waals surface area contributed by atoms with E-state index in [-0.39, 0.29) is 17.3 Å². The lowest BCUT2D eigenvalue weighted by Gasteiger charge is -2.01. The number of hydrogen-bond donors (Lipinski definition) is 0. The van der Waals surface area contributed by atoms with Crippen molar-refractivity contribution in [2.75, 3.05) is 0 Å². The molecule has 0 atom stereocenters. The van der Waals surface area contributed by atoms with Gasteiger partial charge in [-0.1, -0.05) is 29.3 Å². The zero-order valence-electron chi connectivity index (χ0n) is 15.4. The molecule has 0 N–H and O–H groups in total. The van der Waals surface area contributed by atoms with Gasteiger partial charge in [0.1, 0.15) is 11.5 Å². The molecule has 3 aromatic rings. The number of cyclic esters (lactones) is 1. The van der Waals surface area contributed by atoms with Crippen LogP contribution in [0.3, 0.4) is 0 Å². The van der Waals surface area contributed by atoms with Gasteiger partial charge < -0.3 is 9.15 Å². The predicted molar refractivity (Wildman–Crippen MR) is 113 cm³/mol. The molecule has 2 aromatic carbocycles. The van der Waals surface area contributed by atoms with Crippen molar-refractivity contribution in [3.8, 4) is 11.3 Å². The molecule has 1 aliphatic rings. The molecule has 4 rings (SSSR count). The fraction of sp³-hybridized carbons (Fsp3) is 0.0476. The summed E-state index contributed by atoms with van der Waals surface area (Å²) < 4.78 is 10.9. The number of rotatable bonds is 4. The molecule has 0 spiro atoms. The Hall–Kier alpha value is -3.42. The van der Waals surface area contributed by atoms with Crippen LogP contribution in [0.5, 0.6) is 0 Å². The summed E-state index contributed by atoms with van der Waals surface area (Å²) in [6, 6.07) is 12.8. The maximum Gasteiger partial charge on any atom is 0.363 e. The van der Waals surface area contributed by atoms with Crippen LogP contribution in [0.15, 0.2) is 63.6 Å². The standard InChI is InChI=1S/C21H12Cl2N2O5/c1-11-2-3-12(8-18(11)25(27)28)20-24-17(21(26)30-20)10-14-5-7-19(29-14)15-9-13(22)4-6-16(15)23/h2-10H,1H3/b17-10-. The molecular weight excluding hydrogens is 431 g/mol. The minimum absolute atomic E-state index is 0.00585. The van der Waals surface area contributed by atoms with Gasteiger partial charge in [0.25, 0.3) is 5.69 Å². The van der Waals surface area contributed by atoms with Gasteiger partial charge >= 0.3 is 5.97 Å². The number of carbonyl (C=O) groups excluding carboxylic acids is 1. The second-order valence-electron chi connectivity index (χ2n) is 6.42. The molecule has 0 radical (unpaired) electrons. The fourth-order valence-electron chi connectivity index (χ4n) is 2.87. The summed E-state index contributed by atoms with van der Waals surface area (Å²) in [5, 5.41) is 12.1. The Bertz CT molecular complexity index is 1260. The molecule has 7 nitrogen and oxygen atoms in total. The van der Waals surface area contributed by atoms with Crippen LogP contribution < -0.4 is 0 Å². The molecule has 1 aliphatic heterocycles. The number of benzene rings is 2. The van der Waals surface area contributed by atoms with E-state index in [9.17, 15) is 14.9 Å². The highest BCUT2D eigenvalue weighted by Gasteiger charge is 2.26. The molecule has 150 valence electrons. The molecule has 0 amide bonds. The predicted octanol–water partition coefficient (Wildman–Crippen LogP) is 5.81. The summed E-state index contributed by atoms with van der Waals surface area (Å²) in [5.74, 6) is 0.123. The quantitative estimate of drug-likeness (QED) is 0.219. The van der Waals surface area contributed by atoms with Crippen LogP contribution in [0, 0.1) is 17.0 Å². The van der Waals surface area contributed by atoms with Crippen LogP contribution in [0.25, 0.3) is 17.4 Å². The number of aliphatic imine (C=N–C) groups is 1. The zero-order chi connectivity index (χ0) is 21.4. The van der Waals surface area contributed by atoms with Gasteiger partial charge in [0.15, 0.2) is 5.70 Å².